The maximum Gasteiger partial charge on any atom is 0.416 e. The number of rotatable bonds is 6. The van der Waals surface area contributed by atoms with Crippen LogP contribution in [0.4, 0.5) is 18.9 Å². The molecule has 0 saturated heterocycles. The first-order valence-corrected chi connectivity index (χ1v) is 7.59. The van der Waals surface area contributed by atoms with Gasteiger partial charge >= 0.3 is 6.18 Å². The second-order valence-electron chi connectivity index (χ2n) is 4.31. The second-order valence-corrected chi connectivity index (χ2v) is 5.87. The average Bonchev–Trinajstić information content (AvgIpc) is 2.31. The van der Waals surface area contributed by atoms with Gasteiger partial charge < -0.3 is 5.32 Å². The van der Waals surface area contributed by atoms with E-state index in [9.17, 15) is 13.2 Å². The Labute approximate surface area is 120 Å². The Hall–Kier alpha value is -0.550. The van der Waals surface area contributed by atoms with Gasteiger partial charge in [-0.05, 0) is 37.3 Å². The molecule has 1 rings (SSSR count). The fourth-order valence-electron chi connectivity index (χ4n) is 1.52. The van der Waals surface area contributed by atoms with Gasteiger partial charge in [0, 0.05) is 11.8 Å². The van der Waals surface area contributed by atoms with Gasteiger partial charge in [-0.25, -0.2) is 0 Å². The fraction of sp³-hybridized carbons (Fsp3) is 0.538. The smallest absolute Gasteiger partial charge is 0.381 e. The lowest BCUT2D eigenvalue weighted by molar-refractivity contribution is -0.137. The topological polar surface area (TPSA) is 12.0 Å². The van der Waals surface area contributed by atoms with Gasteiger partial charge in [0.25, 0.3) is 0 Å². The molecule has 0 aromatic heterocycles. The third kappa shape index (κ3) is 5.53. The molecule has 0 aliphatic rings. The summed E-state index contributed by atoms with van der Waals surface area (Å²) in [6.45, 7) is 4.09. The van der Waals surface area contributed by atoms with Gasteiger partial charge in [-0.15, -0.1) is 0 Å². The summed E-state index contributed by atoms with van der Waals surface area (Å²) >= 11 is 7.68. The summed E-state index contributed by atoms with van der Waals surface area (Å²) < 4.78 is 37.5. The Kier molecular flexibility index (Phi) is 6.33. The van der Waals surface area contributed by atoms with Crippen LogP contribution in [0.25, 0.3) is 0 Å². The average molecular weight is 312 g/mol. The van der Waals surface area contributed by atoms with E-state index >= 15 is 0 Å². The van der Waals surface area contributed by atoms with Crippen LogP contribution in [0.3, 0.4) is 0 Å². The molecule has 0 aliphatic carbocycles. The van der Waals surface area contributed by atoms with Crippen molar-refractivity contribution in [3.05, 3.63) is 28.8 Å². The molecule has 1 N–H and O–H groups in total. The maximum atomic E-state index is 12.5. The van der Waals surface area contributed by atoms with Crippen molar-refractivity contribution >= 4 is 29.1 Å². The van der Waals surface area contributed by atoms with Gasteiger partial charge in [0.15, 0.2) is 0 Å². The lowest BCUT2D eigenvalue weighted by Gasteiger charge is -2.17. The van der Waals surface area contributed by atoms with Crippen LogP contribution in [-0.2, 0) is 6.18 Å². The van der Waals surface area contributed by atoms with Crippen LogP contribution in [0.1, 0.15) is 25.8 Å². The number of hydrogen-bond acceptors (Lipinski definition) is 2. The Balaban J connectivity index is 2.65. The summed E-state index contributed by atoms with van der Waals surface area (Å²) in [7, 11) is 0. The van der Waals surface area contributed by atoms with Crippen LogP contribution in [-0.4, -0.2) is 17.5 Å². The van der Waals surface area contributed by atoms with Crippen molar-refractivity contribution in [3.8, 4) is 0 Å². The summed E-state index contributed by atoms with van der Waals surface area (Å²) in [5, 5.41) is 3.23. The number of halogens is 4. The molecule has 0 aliphatic heterocycles. The molecule has 1 nitrogen and oxygen atoms in total. The van der Waals surface area contributed by atoms with Crippen LogP contribution in [0, 0.1) is 0 Å². The summed E-state index contributed by atoms with van der Waals surface area (Å²) in [4.78, 5) is 0. The molecule has 0 spiro atoms. The van der Waals surface area contributed by atoms with Crippen LogP contribution in [0.5, 0.6) is 0 Å². The van der Waals surface area contributed by atoms with E-state index in [1.165, 1.54) is 6.07 Å². The largest absolute Gasteiger partial charge is 0.416 e. The molecule has 0 amide bonds. The minimum atomic E-state index is -4.36. The molecule has 6 heteroatoms. The molecule has 1 aromatic rings. The minimum absolute atomic E-state index is 0.0992. The van der Waals surface area contributed by atoms with Crippen molar-refractivity contribution in [2.75, 3.05) is 16.8 Å². The van der Waals surface area contributed by atoms with Gasteiger partial charge in [-0.1, -0.05) is 18.5 Å². The lowest BCUT2D eigenvalue weighted by atomic mass is 10.2. The van der Waals surface area contributed by atoms with Crippen molar-refractivity contribution in [1.82, 2.24) is 0 Å². The van der Waals surface area contributed by atoms with Crippen LogP contribution < -0.4 is 5.32 Å². The predicted octanol–water partition coefficient (Wildman–Crippen LogP) is 5.30. The number of hydrogen-bond donors (Lipinski definition) is 1. The van der Waals surface area contributed by atoms with Crippen molar-refractivity contribution < 1.29 is 13.2 Å². The monoisotopic (exact) mass is 311 g/mol. The molecule has 19 heavy (non-hydrogen) atoms. The predicted molar refractivity (Wildman–Crippen MR) is 77.2 cm³/mol. The molecular weight excluding hydrogens is 295 g/mol. The van der Waals surface area contributed by atoms with Crippen molar-refractivity contribution in [2.45, 2.75) is 32.5 Å². The standard InChI is InChI=1S/C13H17ClF3NS/c1-3-6-19-8-9(2)18-12-5-4-10(7-11(12)14)13(15,16)17/h4-5,7,9,18H,3,6,8H2,1-2H3. The van der Waals surface area contributed by atoms with Crippen LogP contribution in [0.15, 0.2) is 18.2 Å². The Morgan fingerprint density at radius 1 is 1.37 bits per heavy atom. The van der Waals surface area contributed by atoms with Gasteiger partial charge in [-0.2, -0.15) is 24.9 Å². The zero-order valence-electron chi connectivity index (χ0n) is 10.9. The van der Waals surface area contributed by atoms with E-state index in [1.807, 2.05) is 18.7 Å². The molecule has 1 atom stereocenters. The second kappa shape index (κ2) is 7.29. The van der Waals surface area contributed by atoms with Crippen LogP contribution >= 0.6 is 23.4 Å². The fourth-order valence-corrected chi connectivity index (χ4v) is 2.65. The summed E-state index contributed by atoms with van der Waals surface area (Å²) in [6.07, 6.45) is -3.25. The Bertz CT molecular complexity index is 409. The maximum absolute atomic E-state index is 12.5. The highest BCUT2D eigenvalue weighted by Gasteiger charge is 2.30. The SMILES string of the molecule is CCCSCC(C)Nc1ccc(C(F)(F)F)cc1Cl. The first kappa shape index (κ1) is 16.5. The summed E-state index contributed by atoms with van der Waals surface area (Å²) in [6, 6.07) is 3.54. The number of alkyl halides is 3. The highest BCUT2D eigenvalue weighted by Crippen LogP contribution is 2.34. The number of thioether (sulfide) groups is 1. The normalized spacial score (nSPS) is 13.4. The van der Waals surface area contributed by atoms with E-state index in [-0.39, 0.29) is 11.1 Å². The van der Waals surface area contributed by atoms with Gasteiger partial charge in [0.05, 0.1) is 16.3 Å². The van der Waals surface area contributed by atoms with E-state index < -0.39 is 11.7 Å². The third-order valence-electron chi connectivity index (χ3n) is 2.41. The third-order valence-corrected chi connectivity index (χ3v) is 4.16. The first-order chi connectivity index (χ1) is 8.84. The molecule has 108 valence electrons. The molecule has 0 saturated carbocycles. The van der Waals surface area contributed by atoms with E-state index in [2.05, 4.69) is 12.2 Å². The van der Waals surface area contributed by atoms with Crippen molar-refractivity contribution in [2.24, 2.45) is 0 Å². The van der Waals surface area contributed by atoms with Gasteiger partial charge in [0.1, 0.15) is 0 Å². The Morgan fingerprint density at radius 3 is 2.58 bits per heavy atom. The number of benzene rings is 1. The first-order valence-electron chi connectivity index (χ1n) is 6.05. The molecule has 0 heterocycles. The zero-order valence-corrected chi connectivity index (χ0v) is 12.4. The minimum Gasteiger partial charge on any atom is -0.381 e. The summed E-state index contributed by atoms with van der Waals surface area (Å²) in [5.41, 5.74) is -0.185. The summed E-state index contributed by atoms with van der Waals surface area (Å²) in [5.74, 6) is 1.97. The van der Waals surface area contributed by atoms with Crippen LogP contribution in [0.2, 0.25) is 5.02 Å². The molecule has 0 bridgehead atoms. The van der Waals surface area contributed by atoms with E-state index in [0.29, 0.717) is 5.69 Å². The van der Waals surface area contributed by atoms with E-state index in [4.69, 9.17) is 11.6 Å². The zero-order chi connectivity index (χ0) is 14.5. The molecule has 0 radical (unpaired) electrons. The molecule has 1 unspecified atom stereocenters. The van der Waals surface area contributed by atoms with E-state index in [0.717, 1.165) is 30.1 Å². The lowest BCUT2D eigenvalue weighted by Crippen LogP contribution is -2.18. The van der Waals surface area contributed by atoms with Crippen molar-refractivity contribution in [3.63, 3.8) is 0 Å². The number of anilines is 1. The highest BCUT2D eigenvalue weighted by atomic mass is 35.5. The number of nitrogens with one attached hydrogen (secondary N) is 1. The van der Waals surface area contributed by atoms with Gasteiger partial charge in [0.2, 0.25) is 0 Å². The van der Waals surface area contributed by atoms with E-state index in [1.54, 1.807) is 0 Å². The van der Waals surface area contributed by atoms with Gasteiger partial charge in [-0.3, -0.25) is 0 Å². The Morgan fingerprint density at radius 2 is 2.05 bits per heavy atom. The molecule has 1 aromatic carbocycles. The van der Waals surface area contributed by atoms with Crippen molar-refractivity contribution in [1.29, 1.82) is 0 Å². The molecular formula is C13H17ClF3NS. The highest BCUT2D eigenvalue weighted by molar-refractivity contribution is 7.99. The quantitative estimate of drug-likeness (QED) is 0.715. The molecule has 0 fully saturated rings.